The number of hydrogen-bond acceptors (Lipinski definition) is 2. The normalized spacial score (nSPS) is 11.8. The smallest absolute Gasteiger partial charge is 0.317 e. The van der Waals surface area contributed by atoms with Crippen LogP contribution in [0.3, 0.4) is 0 Å². The molecule has 3 nitrogen and oxygen atoms in total. The first-order valence-electron chi connectivity index (χ1n) is 5.43. The molecule has 0 aliphatic rings. The van der Waals surface area contributed by atoms with E-state index in [-0.39, 0.29) is 6.54 Å². The van der Waals surface area contributed by atoms with Crippen LogP contribution < -0.4 is 10.9 Å². The van der Waals surface area contributed by atoms with E-state index >= 15 is 0 Å². The van der Waals surface area contributed by atoms with E-state index in [1.165, 1.54) is 0 Å². The van der Waals surface area contributed by atoms with E-state index in [1.807, 2.05) is 6.92 Å². The number of halogens is 3. The Labute approximate surface area is 97.3 Å². The van der Waals surface area contributed by atoms with Crippen molar-refractivity contribution in [1.29, 1.82) is 0 Å². The van der Waals surface area contributed by atoms with Crippen LogP contribution in [0.25, 0.3) is 0 Å². The molecule has 0 unspecified atom stereocenters. The highest BCUT2D eigenvalue weighted by Crippen LogP contribution is 2.27. The average molecular weight is 248 g/mol. The molecule has 0 saturated carbocycles. The number of nitrogens with zero attached hydrogens (tertiary/aromatic N) is 1. The Kier molecular flexibility index (Phi) is 4.74. The Hall–Kier alpha value is -1.30. The first-order chi connectivity index (χ1) is 7.95. The van der Waals surface area contributed by atoms with Crippen molar-refractivity contribution in [3.05, 3.63) is 34.2 Å². The molecular formula is C11H15F3N2O. The van der Waals surface area contributed by atoms with Gasteiger partial charge in [-0.2, -0.15) is 13.2 Å². The third-order valence-electron chi connectivity index (χ3n) is 2.31. The van der Waals surface area contributed by atoms with Gasteiger partial charge < -0.3 is 9.88 Å². The van der Waals surface area contributed by atoms with E-state index in [4.69, 9.17) is 0 Å². The molecule has 0 aliphatic carbocycles. The topological polar surface area (TPSA) is 34.0 Å². The van der Waals surface area contributed by atoms with Crippen molar-refractivity contribution in [3.63, 3.8) is 0 Å². The minimum absolute atomic E-state index is 0.287. The summed E-state index contributed by atoms with van der Waals surface area (Å²) in [5, 5.41) is 3.05. The molecule has 0 fully saturated rings. The quantitative estimate of drug-likeness (QED) is 0.807. The van der Waals surface area contributed by atoms with Crippen LogP contribution in [0.15, 0.2) is 23.1 Å². The summed E-state index contributed by atoms with van der Waals surface area (Å²) in [6.45, 7) is 3.71. The molecular weight excluding hydrogens is 233 g/mol. The van der Waals surface area contributed by atoms with Crippen molar-refractivity contribution >= 4 is 0 Å². The molecule has 96 valence electrons. The van der Waals surface area contributed by atoms with Gasteiger partial charge in [-0.1, -0.05) is 6.92 Å². The number of rotatable bonds is 5. The number of aryl methyl sites for hydroxylation is 1. The van der Waals surface area contributed by atoms with E-state index < -0.39 is 17.3 Å². The van der Waals surface area contributed by atoms with Crippen molar-refractivity contribution in [1.82, 2.24) is 9.88 Å². The Bertz CT molecular complexity index is 412. The van der Waals surface area contributed by atoms with Gasteiger partial charge >= 0.3 is 6.18 Å². The molecule has 6 heteroatoms. The molecule has 0 bridgehead atoms. The number of hydrogen-bond donors (Lipinski definition) is 1. The molecule has 0 spiro atoms. The lowest BCUT2D eigenvalue weighted by atomic mass is 10.2. The maximum atomic E-state index is 12.4. The van der Waals surface area contributed by atoms with Gasteiger partial charge in [0.2, 0.25) is 0 Å². The summed E-state index contributed by atoms with van der Waals surface area (Å²) in [6.07, 6.45) is -2.92. The van der Waals surface area contributed by atoms with Gasteiger partial charge in [-0.15, -0.1) is 0 Å². The number of alkyl halides is 3. The van der Waals surface area contributed by atoms with Crippen molar-refractivity contribution in [2.45, 2.75) is 26.1 Å². The first kappa shape index (κ1) is 13.8. The molecule has 17 heavy (non-hydrogen) atoms. The molecule has 1 heterocycles. The summed E-state index contributed by atoms with van der Waals surface area (Å²) < 4.78 is 38.3. The highest BCUT2D eigenvalue weighted by Gasteiger charge is 2.30. The Morgan fingerprint density at radius 1 is 1.35 bits per heavy atom. The molecule has 0 aromatic carbocycles. The third-order valence-corrected chi connectivity index (χ3v) is 2.31. The lowest BCUT2D eigenvalue weighted by Crippen LogP contribution is -2.23. The van der Waals surface area contributed by atoms with E-state index in [2.05, 4.69) is 5.32 Å². The number of nitrogens with one attached hydrogen (secondary N) is 1. The lowest BCUT2D eigenvalue weighted by molar-refractivity contribution is -0.138. The molecule has 1 rings (SSSR count). The van der Waals surface area contributed by atoms with Gasteiger partial charge in [0.1, 0.15) is 0 Å². The van der Waals surface area contributed by atoms with Gasteiger partial charge in [-0.3, -0.25) is 4.79 Å². The van der Waals surface area contributed by atoms with Gasteiger partial charge in [0, 0.05) is 18.8 Å². The van der Waals surface area contributed by atoms with Crippen LogP contribution in [0.4, 0.5) is 13.2 Å². The van der Waals surface area contributed by atoms with Gasteiger partial charge in [-0.05, 0) is 25.6 Å². The predicted molar refractivity (Wildman–Crippen MR) is 58.9 cm³/mol. The standard InChI is InChI=1S/C11H15F3N2O/c1-2-15-6-3-7-16-8-9(11(12,13)14)4-5-10(16)17/h4-5,8,15H,2-3,6-7H2,1H3. The van der Waals surface area contributed by atoms with E-state index in [1.54, 1.807) is 0 Å². The molecule has 0 saturated heterocycles. The van der Waals surface area contributed by atoms with Gasteiger partial charge in [-0.25, -0.2) is 0 Å². The van der Waals surface area contributed by atoms with Crippen LogP contribution >= 0.6 is 0 Å². The Morgan fingerprint density at radius 3 is 2.65 bits per heavy atom. The third kappa shape index (κ3) is 4.22. The predicted octanol–water partition coefficient (Wildman–Crippen LogP) is 1.87. The first-order valence-corrected chi connectivity index (χ1v) is 5.43. The van der Waals surface area contributed by atoms with Crippen molar-refractivity contribution in [2.24, 2.45) is 0 Å². The van der Waals surface area contributed by atoms with E-state index in [0.29, 0.717) is 13.0 Å². The van der Waals surface area contributed by atoms with Crippen LogP contribution in [0.2, 0.25) is 0 Å². The van der Waals surface area contributed by atoms with Crippen molar-refractivity contribution in [3.8, 4) is 0 Å². The van der Waals surface area contributed by atoms with Crippen molar-refractivity contribution in [2.75, 3.05) is 13.1 Å². The summed E-state index contributed by atoms with van der Waals surface area (Å²) in [5.41, 5.74) is -1.20. The summed E-state index contributed by atoms with van der Waals surface area (Å²) in [7, 11) is 0. The zero-order valence-corrected chi connectivity index (χ0v) is 9.55. The maximum Gasteiger partial charge on any atom is 0.417 e. The second-order valence-corrected chi connectivity index (χ2v) is 3.65. The SMILES string of the molecule is CCNCCCn1cc(C(F)(F)F)ccc1=O. The van der Waals surface area contributed by atoms with E-state index in [0.717, 1.165) is 29.4 Å². The fraction of sp³-hybridized carbons (Fsp3) is 0.545. The minimum Gasteiger partial charge on any atom is -0.317 e. The Balaban J connectivity index is 2.74. The monoisotopic (exact) mass is 248 g/mol. The molecule has 0 amide bonds. The fourth-order valence-corrected chi connectivity index (χ4v) is 1.42. The highest BCUT2D eigenvalue weighted by molar-refractivity contribution is 5.13. The summed E-state index contributed by atoms with van der Waals surface area (Å²) in [5.74, 6) is 0. The summed E-state index contributed by atoms with van der Waals surface area (Å²) in [4.78, 5) is 11.3. The molecule has 0 atom stereocenters. The molecule has 0 radical (unpaired) electrons. The number of pyridine rings is 1. The van der Waals surface area contributed by atoms with Crippen LogP contribution in [-0.4, -0.2) is 17.7 Å². The van der Waals surface area contributed by atoms with Crippen LogP contribution in [0.1, 0.15) is 18.9 Å². The largest absolute Gasteiger partial charge is 0.417 e. The highest BCUT2D eigenvalue weighted by atomic mass is 19.4. The fourth-order valence-electron chi connectivity index (χ4n) is 1.42. The average Bonchev–Trinajstić information content (AvgIpc) is 2.25. The molecule has 0 aliphatic heterocycles. The van der Waals surface area contributed by atoms with E-state index in [9.17, 15) is 18.0 Å². The summed E-state index contributed by atoms with van der Waals surface area (Å²) in [6, 6.07) is 1.76. The summed E-state index contributed by atoms with van der Waals surface area (Å²) >= 11 is 0. The van der Waals surface area contributed by atoms with Crippen LogP contribution in [0, 0.1) is 0 Å². The second kappa shape index (κ2) is 5.86. The van der Waals surface area contributed by atoms with Gasteiger partial charge in [0.05, 0.1) is 5.56 Å². The lowest BCUT2D eigenvalue weighted by Gasteiger charge is -2.10. The maximum absolute atomic E-state index is 12.4. The minimum atomic E-state index is -4.41. The Morgan fingerprint density at radius 2 is 2.06 bits per heavy atom. The van der Waals surface area contributed by atoms with Crippen molar-refractivity contribution < 1.29 is 13.2 Å². The number of aromatic nitrogens is 1. The zero-order valence-electron chi connectivity index (χ0n) is 9.55. The van der Waals surface area contributed by atoms with Gasteiger partial charge in [0.15, 0.2) is 0 Å². The van der Waals surface area contributed by atoms with Gasteiger partial charge in [0.25, 0.3) is 5.56 Å². The molecule has 1 N–H and O–H groups in total. The molecule has 1 aromatic heterocycles. The zero-order chi connectivity index (χ0) is 12.9. The second-order valence-electron chi connectivity index (χ2n) is 3.65. The van der Waals surface area contributed by atoms with Crippen LogP contribution in [-0.2, 0) is 12.7 Å². The molecule has 1 aromatic rings. The van der Waals surface area contributed by atoms with Crippen LogP contribution in [0.5, 0.6) is 0 Å².